The number of nitrogens with zero attached hydrogens (tertiary/aromatic N) is 1. The molecule has 2 fully saturated rings. The maximum Gasteiger partial charge on any atom is 0.223 e. The van der Waals surface area contributed by atoms with Crippen molar-refractivity contribution in [1.82, 2.24) is 10.2 Å². The number of rotatable bonds is 6. The van der Waals surface area contributed by atoms with E-state index < -0.39 is 0 Å². The van der Waals surface area contributed by atoms with Crippen LogP contribution in [0.2, 0.25) is 5.02 Å². The van der Waals surface area contributed by atoms with Crippen LogP contribution in [-0.4, -0.2) is 29.8 Å². The molecule has 1 heterocycles. The lowest BCUT2D eigenvalue weighted by molar-refractivity contribution is -0.129. The number of amides is 2. The van der Waals surface area contributed by atoms with Crippen molar-refractivity contribution in [2.45, 2.75) is 64.0 Å². The molecular formula is C21H29ClN2O2. The summed E-state index contributed by atoms with van der Waals surface area (Å²) in [7, 11) is 1.71. The van der Waals surface area contributed by atoms with E-state index in [2.05, 4.69) is 10.2 Å². The lowest BCUT2D eigenvalue weighted by Gasteiger charge is -2.33. The predicted molar refractivity (Wildman–Crippen MR) is 104 cm³/mol. The quantitative estimate of drug-likeness (QED) is 0.810. The minimum atomic E-state index is 0.149. The lowest BCUT2D eigenvalue weighted by Crippen LogP contribution is -2.35. The topological polar surface area (TPSA) is 49.4 Å². The van der Waals surface area contributed by atoms with Gasteiger partial charge >= 0.3 is 0 Å². The van der Waals surface area contributed by atoms with Gasteiger partial charge in [-0.2, -0.15) is 0 Å². The zero-order chi connectivity index (χ0) is 18.5. The third-order valence-electron chi connectivity index (χ3n) is 5.97. The average Bonchev–Trinajstić information content (AvgIpc) is 2.97. The summed E-state index contributed by atoms with van der Waals surface area (Å²) in [6.45, 7) is 0.676. The predicted octanol–water partition coefficient (Wildman–Crippen LogP) is 4.16. The van der Waals surface area contributed by atoms with Crippen molar-refractivity contribution < 1.29 is 9.59 Å². The zero-order valence-corrected chi connectivity index (χ0v) is 16.3. The van der Waals surface area contributed by atoms with Gasteiger partial charge in [0, 0.05) is 37.5 Å². The Morgan fingerprint density at radius 2 is 1.92 bits per heavy atom. The molecule has 1 aromatic carbocycles. The van der Waals surface area contributed by atoms with Crippen molar-refractivity contribution in [2.24, 2.45) is 11.8 Å². The summed E-state index contributed by atoms with van der Waals surface area (Å²) in [6, 6.07) is 8.12. The van der Waals surface area contributed by atoms with Crippen LogP contribution < -0.4 is 5.32 Å². The minimum absolute atomic E-state index is 0.149. The fraction of sp³-hybridized carbons (Fsp3) is 0.619. The summed E-state index contributed by atoms with van der Waals surface area (Å²) in [6.07, 6.45) is 8.03. The number of carbonyl (C=O) groups excluding carboxylic acids is 2. The molecule has 0 bridgehead atoms. The van der Waals surface area contributed by atoms with Gasteiger partial charge in [0.25, 0.3) is 0 Å². The maximum absolute atomic E-state index is 12.4. The van der Waals surface area contributed by atoms with Crippen LogP contribution >= 0.6 is 11.6 Å². The Morgan fingerprint density at radius 3 is 2.65 bits per heavy atom. The van der Waals surface area contributed by atoms with Crippen molar-refractivity contribution >= 4 is 23.4 Å². The van der Waals surface area contributed by atoms with Gasteiger partial charge in [0.15, 0.2) is 0 Å². The molecule has 3 unspecified atom stereocenters. The molecule has 1 saturated heterocycles. The Bertz CT molecular complexity index is 631. The smallest absolute Gasteiger partial charge is 0.223 e. The number of hydrogen-bond acceptors (Lipinski definition) is 2. The molecular weight excluding hydrogens is 348 g/mol. The molecule has 1 N–H and O–H groups in total. The fourth-order valence-corrected chi connectivity index (χ4v) is 4.72. The highest BCUT2D eigenvalue weighted by molar-refractivity contribution is 6.30. The Kier molecular flexibility index (Phi) is 6.58. The second-order valence-corrected chi connectivity index (χ2v) is 8.29. The molecule has 3 atom stereocenters. The van der Waals surface area contributed by atoms with Gasteiger partial charge in [-0.05, 0) is 55.2 Å². The van der Waals surface area contributed by atoms with Crippen molar-refractivity contribution in [3.63, 3.8) is 0 Å². The fourth-order valence-electron chi connectivity index (χ4n) is 4.59. The first-order valence-electron chi connectivity index (χ1n) is 9.79. The standard InChI is InChI=1S/C21H29ClN2O2/c1-23-20(25)13-17-4-2-3-16(11-17)12-19-9-10-21(26)24(19)14-15-5-7-18(22)8-6-15/h5-8,16-17,19H,2-4,9-14H2,1H3,(H,23,25). The number of hydrogen-bond donors (Lipinski definition) is 1. The highest BCUT2D eigenvalue weighted by atomic mass is 35.5. The van der Waals surface area contributed by atoms with Crippen LogP contribution in [0.25, 0.3) is 0 Å². The van der Waals surface area contributed by atoms with Gasteiger partial charge in [0.2, 0.25) is 11.8 Å². The van der Waals surface area contributed by atoms with Gasteiger partial charge in [-0.15, -0.1) is 0 Å². The minimum Gasteiger partial charge on any atom is -0.359 e. The second-order valence-electron chi connectivity index (χ2n) is 7.85. The molecule has 0 spiro atoms. The number of halogens is 1. The average molecular weight is 377 g/mol. The van der Waals surface area contributed by atoms with E-state index in [0.29, 0.717) is 37.3 Å². The molecule has 1 saturated carbocycles. The van der Waals surface area contributed by atoms with Crippen LogP contribution in [0.5, 0.6) is 0 Å². The number of benzene rings is 1. The molecule has 1 aliphatic heterocycles. The summed E-state index contributed by atoms with van der Waals surface area (Å²) >= 11 is 5.97. The summed E-state index contributed by atoms with van der Waals surface area (Å²) in [5.41, 5.74) is 1.13. The van der Waals surface area contributed by atoms with Crippen LogP contribution in [0.3, 0.4) is 0 Å². The van der Waals surface area contributed by atoms with Crippen molar-refractivity contribution in [1.29, 1.82) is 0 Å². The molecule has 142 valence electrons. The van der Waals surface area contributed by atoms with Crippen LogP contribution in [0.15, 0.2) is 24.3 Å². The van der Waals surface area contributed by atoms with E-state index in [-0.39, 0.29) is 11.8 Å². The molecule has 2 amide bonds. The van der Waals surface area contributed by atoms with E-state index >= 15 is 0 Å². The van der Waals surface area contributed by atoms with E-state index in [1.807, 2.05) is 24.3 Å². The number of carbonyl (C=O) groups is 2. The summed E-state index contributed by atoms with van der Waals surface area (Å²) in [4.78, 5) is 26.1. The van der Waals surface area contributed by atoms with Crippen LogP contribution in [0.4, 0.5) is 0 Å². The molecule has 0 aromatic heterocycles. The summed E-state index contributed by atoms with van der Waals surface area (Å²) in [5.74, 6) is 1.54. The zero-order valence-electron chi connectivity index (χ0n) is 15.5. The van der Waals surface area contributed by atoms with Crippen molar-refractivity contribution in [3.05, 3.63) is 34.9 Å². The monoisotopic (exact) mass is 376 g/mol. The van der Waals surface area contributed by atoms with Gasteiger partial charge in [-0.3, -0.25) is 9.59 Å². The lowest BCUT2D eigenvalue weighted by atomic mass is 9.77. The Hall–Kier alpha value is -1.55. The highest BCUT2D eigenvalue weighted by Crippen LogP contribution is 2.37. The molecule has 5 heteroatoms. The number of likely N-dealkylation sites (tertiary alicyclic amines) is 1. The van der Waals surface area contributed by atoms with Gasteiger partial charge < -0.3 is 10.2 Å². The molecule has 26 heavy (non-hydrogen) atoms. The van der Waals surface area contributed by atoms with Crippen molar-refractivity contribution in [3.8, 4) is 0 Å². The van der Waals surface area contributed by atoms with E-state index in [1.165, 1.54) is 12.8 Å². The third-order valence-corrected chi connectivity index (χ3v) is 6.22. The first-order chi connectivity index (χ1) is 12.5. The first kappa shape index (κ1) is 19.2. The first-order valence-corrected chi connectivity index (χ1v) is 10.2. The van der Waals surface area contributed by atoms with Crippen LogP contribution in [0, 0.1) is 11.8 Å². The Balaban J connectivity index is 1.57. The second kappa shape index (κ2) is 8.90. The largest absolute Gasteiger partial charge is 0.359 e. The molecule has 1 aromatic rings. The van der Waals surface area contributed by atoms with Gasteiger partial charge in [-0.1, -0.05) is 36.6 Å². The molecule has 3 rings (SSSR count). The summed E-state index contributed by atoms with van der Waals surface area (Å²) < 4.78 is 0. The Labute approximate surface area is 161 Å². The van der Waals surface area contributed by atoms with Gasteiger partial charge in [0.1, 0.15) is 0 Å². The van der Waals surface area contributed by atoms with E-state index in [1.54, 1.807) is 7.05 Å². The molecule has 1 aliphatic carbocycles. The summed E-state index contributed by atoms with van der Waals surface area (Å²) in [5, 5.41) is 3.47. The molecule has 2 aliphatic rings. The van der Waals surface area contributed by atoms with Crippen molar-refractivity contribution in [2.75, 3.05) is 7.05 Å². The molecule has 4 nitrogen and oxygen atoms in total. The van der Waals surface area contributed by atoms with E-state index in [9.17, 15) is 9.59 Å². The number of nitrogens with one attached hydrogen (secondary N) is 1. The SMILES string of the molecule is CNC(=O)CC1CCCC(CC2CCC(=O)N2Cc2ccc(Cl)cc2)C1. The van der Waals surface area contributed by atoms with Crippen LogP contribution in [-0.2, 0) is 16.1 Å². The van der Waals surface area contributed by atoms with Crippen LogP contribution in [0.1, 0.15) is 56.9 Å². The highest BCUT2D eigenvalue weighted by Gasteiger charge is 2.34. The third kappa shape index (κ3) is 5.00. The Morgan fingerprint density at radius 1 is 1.19 bits per heavy atom. The molecule has 0 radical (unpaired) electrons. The normalized spacial score (nSPS) is 26.2. The van der Waals surface area contributed by atoms with Gasteiger partial charge in [-0.25, -0.2) is 0 Å². The van der Waals surface area contributed by atoms with E-state index in [4.69, 9.17) is 11.6 Å². The van der Waals surface area contributed by atoms with Gasteiger partial charge in [0.05, 0.1) is 0 Å². The van der Waals surface area contributed by atoms with E-state index in [0.717, 1.165) is 36.3 Å². The maximum atomic E-state index is 12.4.